The molecule has 2 aromatic carbocycles. The van der Waals surface area contributed by atoms with Gasteiger partial charge < -0.3 is 9.47 Å². The minimum absolute atomic E-state index is 0.228. The van der Waals surface area contributed by atoms with Crippen LogP contribution in [0, 0.1) is 23.3 Å². The molecule has 2 aromatic rings. The molecule has 0 saturated carbocycles. The Balaban J connectivity index is 2.13. The zero-order chi connectivity index (χ0) is 18.6. The molecule has 1 N–H and O–H groups in total. The lowest BCUT2D eigenvalue weighted by molar-refractivity contribution is 0.0601. The van der Waals surface area contributed by atoms with Crippen molar-refractivity contribution in [3.05, 3.63) is 64.7 Å². The number of hydrogen-bond acceptors (Lipinski definition) is 4. The molecule has 0 aliphatic heterocycles. The van der Waals surface area contributed by atoms with E-state index in [1.54, 1.807) is 0 Å². The first-order chi connectivity index (χ1) is 11.8. The second kappa shape index (κ2) is 7.65. The number of anilines is 1. The van der Waals surface area contributed by atoms with Crippen LogP contribution in [0.15, 0.2) is 30.3 Å². The summed E-state index contributed by atoms with van der Waals surface area (Å²) in [4.78, 5) is 23.3. The summed E-state index contributed by atoms with van der Waals surface area (Å²) in [6, 6.07) is 4.42. The van der Waals surface area contributed by atoms with Crippen LogP contribution in [-0.4, -0.2) is 19.2 Å². The fourth-order valence-electron chi connectivity index (χ4n) is 1.88. The minimum atomic E-state index is -1.32. The number of amides is 1. The molecule has 0 bridgehead atoms. The summed E-state index contributed by atoms with van der Waals surface area (Å²) in [7, 11) is 1.01. The molecule has 0 spiro atoms. The third-order valence-corrected chi connectivity index (χ3v) is 3.09. The van der Waals surface area contributed by atoms with Crippen molar-refractivity contribution in [1.29, 1.82) is 0 Å². The van der Waals surface area contributed by atoms with Crippen LogP contribution in [0.25, 0.3) is 0 Å². The van der Waals surface area contributed by atoms with E-state index in [1.165, 1.54) is 12.1 Å². The summed E-state index contributed by atoms with van der Waals surface area (Å²) in [5.74, 6) is -5.96. The van der Waals surface area contributed by atoms with Gasteiger partial charge in [-0.2, -0.15) is 0 Å². The van der Waals surface area contributed by atoms with E-state index in [0.717, 1.165) is 13.2 Å². The molecule has 1 amide bonds. The molecule has 0 heterocycles. The largest absolute Gasteiger partial charge is 0.465 e. The Hall–Kier alpha value is -3.10. The first kappa shape index (κ1) is 18.2. The molecule has 5 nitrogen and oxygen atoms in total. The van der Waals surface area contributed by atoms with Crippen molar-refractivity contribution in [3.63, 3.8) is 0 Å². The Morgan fingerprint density at radius 1 is 1.04 bits per heavy atom. The summed E-state index contributed by atoms with van der Waals surface area (Å²) in [6.07, 6.45) is -1.19. The molecule has 0 radical (unpaired) electrons. The molecule has 9 heteroatoms. The Bertz CT molecular complexity index is 826. The number of rotatable bonds is 4. The fourth-order valence-corrected chi connectivity index (χ4v) is 1.88. The van der Waals surface area contributed by atoms with E-state index in [1.807, 2.05) is 5.32 Å². The van der Waals surface area contributed by atoms with Crippen LogP contribution in [-0.2, 0) is 16.1 Å². The molecule has 2 rings (SSSR count). The maximum atomic E-state index is 13.5. The van der Waals surface area contributed by atoms with Crippen LogP contribution in [0.2, 0.25) is 0 Å². The molecule has 0 atom stereocenters. The van der Waals surface area contributed by atoms with Crippen LogP contribution >= 0.6 is 0 Å². The van der Waals surface area contributed by atoms with Crippen LogP contribution in [0.3, 0.4) is 0 Å². The van der Waals surface area contributed by atoms with Gasteiger partial charge in [0.1, 0.15) is 6.61 Å². The first-order valence-electron chi connectivity index (χ1n) is 6.77. The highest BCUT2D eigenvalue weighted by molar-refractivity contribution is 5.99. The summed E-state index contributed by atoms with van der Waals surface area (Å²) in [5.41, 5.74) is -1.08. The van der Waals surface area contributed by atoms with Gasteiger partial charge in [-0.3, -0.25) is 5.32 Å². The quantitative estimate of drug-likeness (QED) is 0.668. The Kier molecular flexibility index (Phi) is 5.58. The van der Waals surface area contributed by atoms with Crippen molar-refractivity contribution in [2.45, 2.75) is 6.61 Å². The van der Waals surface area contributed by atoms with Crippen LogP contribution in [0.1, 0.15) is 15.9 Å². The van der Waals surface area contributed by atoms with Crippen molar-refractivity contribution >= 4 is 17.7 Å². The normalized spacial score (nSPS) is 10.3. The molecule has 0 unspecified atom stereocenters. The summed E-state index contributed by atoms with van der Waals surface area (Å²) in [5, 5.41) is 2.01. The van der Waals surface area contributed by atoms with E-state index in [2.05, 4.69) is 9.47 Å². The third kappa shape index (κ3) is 4.25. The zero-order valence-corrected chi connectivity index (χ0v) is 12.7. The highest BCUT2D eigenvalue weighted by Gasteiger charge is 2.19. The number of esters is 1. The summed E-state index contributed by atoms with van der Waals surface area (Å²) >= 11 is 0. The lowest BCUT2D eigenvalue weighted by Crippen LogP contribution is -2.17. The summed E-state index contributed by atoms with van der Waals surface area (Å²) in [6.45, 7) is -0.618. The van der Waals surface area contributed by atoms with Crippen LogP contribution in [0.5, 0.6) is 0 Å². The van der Waals surface area contributed by atoms with Gasteiger partial charge in [-0.25, -0.2) is 27.2 Å². The highest BCUT2D eigenvalue weighted by Crippen LogP contribution is 2.21. The Morgan fingerprint density at radius 3 is 2.40 bits per heavy atom. The molecular weight excluding hydrogens is 346 g/mol. The van der Waals surface area contributed by atoms with E-state index in [-0.39, 0.29) is 5.56 Å². The van der Waals surface area contributed by atoms with E-state index < -0.39 is 53.2 Å². The second-order valence-electron chi connectivity index (χ2n) is 4.72. The number of methoxy groups -OCH3 is 1. The molecule has 0 aliphatic carbocycles. The lowest BCUT2D eigenvalue weighted by atomic mass is 10.1. The summed E-state index contributed by atoms with van der Waals surface area (Å²) < 4.78 is 62.1. The van der Waals surface area contributed by atoms with Crippen molar-refractivity contribution < 1.29 is 36.6 Å². The van der Waals surface area contributed by atoms with E-state index >= 15 is 0 Å². The molecule has 25 heavy (non-hydrogen) atoms. The average molecular weight is 357 g/mol. The topological polar surface area (TPSA) is 64.6 Å². The van der Waals surface area contributed by atoms with E-state index in [0.29, 0.717) is 12.1 Å². The van der Waals surface area contributed by atoms with Crippen molar-refractivity contribution in [2.75, 3.05) is 12.4 Å². The Morgan fingerprint density at radius 2 is 1.72 bits per heavy atom. The van der Waals surface area contributed by atoms with Crippen LogP contribution < -0.4 is 5.32 Å². The number of halogens is 4. The highest BCUT2D eigenvalue weighted by atomic mass is 19.2. The SMILES string of the molecule is COC(=O)c1cc(F)c(F)cc1NC(=O)OCc1cccc(F)c1F. The molecule has 132 valence electrons. The third-order valence-electron chi connectivity index (χ3n) is 3.09. The molecule has 0 aromatic heterocycles. The number of carbonyl (C=O) groups is 2. The predicted octanol–water partition coefficient (Wildman–Crippen LogP) is 3.78. The second-order valence-corrected chi connectivity index (χ2v) is 4.72. The van der Waals surface area contributed by atoms with Gasteiger partial charge in [0.2, 0.25) is 0 Å². The van der Waals surface area contributed by atoms with Crippen LogP contribution in [0.4, 0.5) is 28.0 Å². The van der Waals surface area contributed by atoms with Crippen molar-refractivity contribution in [2.24, 2.45) is 0 Å². The van der Waals surface area contributed by atoms with Gasteiger partial charge in [0.15, 0.2) is 23.3 Å². The standard InChI is InChI=1S/C16H11F4NO4/c1-24-15(22)9-5-11(18)12(19)6-13(9)21-16(23)25-7-8-3-2-4-10(17)14(8)20/h2-6H,7H2,1H3,(H,21,23). The monoisotopic (exact) mass is 357 g/mol. The number of hydrogen-bond donors (Lipinski definition) is 1. The number of benzene rings is 2. The van der Waals surface area contributed by atoms with Gasteiger partial charge in [-0.1, -0.05) is 12.1 Å². The van der Waals surface area contributed by atoms with Gasteiger partial charge in [-0.05, 0) is 12.1 Å². The minimum Gasteiger partial charge on any atom is -0.465 e. The predicted molar refractivity (Wildman–Crippen MR) is 77.9 cm³/mol. The maximum Gasteiger partial charge on any atom is 0.411 e. The smallest absolute Gasteiger partial charge is 0.411 e. The van der Waals surface area contributed by atoms with Crippen molar-refractivity contribution in [1.82, 2.24) is 0 Å². The first-order valence-corrected chi connectivity index (χ1v) is 6.77. The van der Waals surface area contributed by atoms with Gasteiger partial charge in [0, 0.05) is 11.6 Å². The van der Waals surface area contributed by atoms with E-state index in [9.17, 15) is 27.2 Å². The number of carbonyl (C=O) groups excluding carboxylic acids is 2. The molecule has 0 saturated heterocycles. The Labute approximate surface area is 139 Å². The molecule has 0 fully saturated rings. The molecule has 0 aliphatic rings. The number of ether oxygens (including phenoxy) is 2. The average Bonchev–Trinajstić information content (AvgIpc) is 2.58. The maximum absolute atomic E-state index is 13.5. The molecular formula is C16H11F4NO4. The van der Waals surface area contributed by atoms with Gasteiger partial charge >= 0.3 is 12.1 Å². The van der Waals surface area contributed by atoms with Gasteiger partial charge in [0.05, 0.1) is 18.4 Å². The lowest BCUT2D eigenvalue weighted by Gasteiger charge is -2.11. The van der Waals surface area contributed by atoms with Crippen molar-refractivity contribution in [3.8, 4) is 0 Å². The zero-order valence-electron chi connectivity index (χ0n) is 12.7. The van der Waals surface area contributed by atoms with Gasteiger partial charge in [-0.15, -0.1) is 0 Å². The number of nitrogens with one attached hydrogen (secondary N) is 1. The fraction of sp³-hybridized carbons (Fsp3) is 0.125. The van der Waals surface area contributed by atoms with Gasteiger partial charge in [0.25, 0.3) is 0 Å². The van der Waals surface area contributed by atoms with E-state index in [4.69, 9.17) is 0 Å².